The Labute approximate surface area is 113 Å². The number of aryl methyl sites for hydroxylation is 1. The van der Waals surface area contributed by atoms with E-state index in [2.05, 4.69) is 55.5 Å². The highest BCUT2D eigenvalue weighted by molar-refractivity contribution is 6.10. The molecule has 1 aliphatic heterocycles. The largest absolute Gasteiger partial charge is 0.248 e. The second-order valence-electron chi connectivity index (χ2n) is 4.64. The van der Waals surface area contributed by atoms with Gasteiger partial charge in [0.05, 0.1) is 11.4 Å². The Bertz CT molecular complexity index is 673. The second-order valence-corrected chi connectivity index (χ2v) is 4.64. The topological polar surface area (TPSA) is 12.4 Å². The first kappa shape index (κ1) is 11.7. The molecular weight excluding hydrogens is 230 g/mol. The number of fused-ring (bicyclic) bond motifs is 1. The number of aliphatic imine (C=N–C) groups is 1. The van der Waals surface area contributed by atoms with Crippen molar-refractivity contribution in [2.24, 2.45) is 4.99 Å². The van der Waals surface area contributed by atoms with Crippen molar-refractivity contribution in [1.82, 2.24) is 0 Å². The van der Waals surface area contributed by atoms with Crippen molar-refractivity contribution in [2.75, 3.05) is 0 Å². The molecule has 0 spiro atoms. The Balaban J connectivity index is 2.11. The zero-order valence-corrected chi connectivity index (χ0v) is 10.9. The predicted octanol–water partition coefficient (Wildman–Crippen LogP) is 4.70. The van der Waals surface area contributed by atoms with Gasteiger partial charge in [0, 0.05) is 11.1 Å². The lowest BCUT2D eigenvalue weighted by Gasteiger charge is -2.07. The molecule has 0 aromatic heterocycles. The molecule has 0 amide bonds. The fourth-order valence-electron chi connectivity index (χ4n) is 2.09. The van der Waals surface area contributed by atoms with E-state index in [4.69, 9.17) is 4.99 Å². The van der Waals surface area contributed by atoms with Gasteiger partial charge in [-0.2, -0.15) is 0 Å². The minimum atomic E-state index is 0.997. The Kier molecular flexibility index (Phi) is 3.11. The van der Waals surface area contributed by atoms with Crippen molar-refractivity contribution in [1.29, 1.82) is 0 Å². The van der Waals surface area contributed by atoms with Crippen LogP contribution in [-0.2, 0) is 0 Å². The summed E-state index contributed by atoms with van der Waals surface area (Å²) in [4.78, 5) is 4.78. The van der Waals surface area contributed by atoms with Crippen molar-refractivity contribution in [3.63, 3.8) is 0 Å². The van der Waals surface area contributed by atoms with Crippen LogP contribution in [0.5, 0.6) is 0 Å². The molecule has 1 heteroatoms. The quantitative estimate of drug-likeness (QED) is 0.690. The van der Waals surface area contributed by atoms with E-state index in [1.807, 2.05) is 24.3 Å². The third-order valence-electron chi connectivity index (χ3n) is 3.17. The highest BCUT2D eigenvalue weighted by Crippen LogP contribution is 2.23. The molecular formula is C18H15N. The van der Waals surface area contributed by atoms with Crippen LogP contribution in [0, 0.1) is 6.92 Å². The fourth-order valence-corrected chi connectivity index (χ4v) is 2.09. The number of allylic oxidation sites excluding steroid dienone is 3. The maximum Gasteiger partial charge on any atom is 0.0709 e. The van der Waals surface area contributed by atoms with E-state index in [-0.39, 0.29) is 0 Å². The molecule has 0 unspecified atom stereocenters. The molecule has 0 N–H and O–H groups in total. The van der Waals surface area contributed by atoms with Gasteiger partial charge >= 0.3 is 0 Å². The number of hydrogen-bond donors (Lipinski definition) is 0. The summed E-state index contributed by atoms with van der Waals surface area (Å²) in [7, 11) is 0. The number of rotatable bonds is 1. The predicted molar refractivity (Wildman–Crippen MR) is 82.0 cm³/mol. The molecule has 2 aromatic carbocycles. The van der Waals surface area contributed by atoms with E-state index in [0.717, 1.165) is 22.5 Å². The molecule has 0 fully saturated rings. The molecule has 92 valence electrons. The summed E-state index contributed by atoms with van der Waals surface area (Å²) in [5, 5.41) is 0. The fraction of sp³-hybridized carbons (Fsp3) is 0.0556. The molecule has 0 atom stereocenters. The van der Waals surface area contributed by atoms with Gasteiger partial charge in [-0.25, -0.2) is 4.99 Å². The summed E-state index contributed by atoms with van der Waals surface area (Å²) < 4.78 is 0. The van der Waals surface area contributed by atoms with Crippen LogP contribution in [0.2, 0.25) is 0 Å². The van der Waals surface area contributed by atoms with Crippen molar-refractivity contribution in [2.45, 2.75) is 6.92 Å². The maximum atomic E-state index is 4.78. The normalized spacial score (nSPS) is 16.8. The van der Waals surface area contributed by atoms with E-state index in [1.54, 1.807) is 0 Å². The monoisotopic (exact) mass is 245 g/mol. The van der Waals surface area contributed by atoms with Crippen LogP contribution in [-0.4, -0.2) is 5.71 Å². The Morgan fingerprint density at radius 3 is 2.37 bits per heavy atom. The summed E-state index contributed by atoms with van der Waals surface area (Å²) in [6.07, 6.45) is 8.23. The van der Waals surface area contributed by atoms with Crippen LogP contribution in [0.25, 0.3) is 6.08 Å². The van der Waals surface area contributed by atoms with Crippen LogP contribution in [0.1, 0.15) is 16.7 Å². The van der Waals surface area contributed by atoms with E-state index >= 15 is 0 Å². The minimum Gasteiger partial charge on any atom is -0.248 e. The zero-order valence-electron chi connectivity index (χ0n) is 10.9. The van der Waals surface area contributed by atoms with Crippen molar-refractivity contribution in [3.8, 4) is 0 Å². The summed E-state index contributed by atoms with van der Waals surface area (Å²) >= 11 is 0. The number of para-hydroxylation sites is 1. The second kappa shape index (κ2) is 5.07. The van der Waals surface area contributed by atoms with Gasteiger partial charge < -0.3 is 0 Å². The lowest BCUT2D eigenvalue weighted by Crippen LogP contribution is -1.97. The summed E-state index contributed by atoms with van der Waals surface area (Å²) in [5.41, 5.74) is 5.57. The number of hydrogen-bond acceptors (Lipinski definition) is 1. The summed E-state index contributed by atoms with van der Waals surface area (Å²) in [6.45, 7) is 2.09. The maximum absolute atomic E-state index is 4.78. The Morgan fingerprint density at radius 1 is 0.789 bits per heavy atom. The Morgan fingerprint density at radius 2 is 1.53 bits per heavy atom. The van der Waals surface area contributed by atoms with Crippen molar-refractivity contribution < 1.29 is 0 Å². The molecule has 0 saturated heterocycles. The van der Waals surface area contributed by atoms with Gasteiger partial charge in [0.1, 0.15) is 0 Å². The van der Waals surface area contributed by atoms with Crippen molar-refractivity contribution in [3.05, 3.63) is 83.4 Å². The lowest BCUT2D eigenvalue weighted by atomic mass is 10.1. The van der Waals surface area contributed by atoms with Crippen LogP contribution in [0.15, 0.2) is 71.8 Å². The summed E-state index contributed by atoms with van der Waals surface area (Å²) in [6, 6.07) is 16.7. The molecule has 1 aliphatic rings. The molecule has 0 aliphatic carbocycles. The zero-order chi connectivity index (χ0) is 13.1. The average molecular weight is 245 g/mol. The highest BCUT2D eigenvalue weighted by Gasteiger charge is 2.04. The molecule has 0 saturated carbocycles. The molecule has 2 aromatic rings. The van der Waals surface area contributed by atoms with Crippen LogP contribution in [0.4, 0.5) is 5.69 Å². The lowest BCUT2D eigenvalue weighted by molar-refractivity contribution is 1.44. The van der Waals surface area contributed by atoms with E-state index < -0.39 is 0 Å². The third-order valence-corrected chi connectivity index (χ3v) is 3.17. The molecule has 1 heterocycles. The van der Waals surface area contributed by atoms with Crippen LogP contribution < -0.4 is 0 Å². The molecule has 0 bridgehead atoms. The first-order valence-corrected chi connectivity index (χ1v) is 6.42. The van der Waals surface area contributed by atoms with Gasteiger partial charge in [-0.05, 0) is 19.1 Å². The van der Waals surface area contributed by atoms with E-state index in [1.165, 1.54) is 5.56 Å². The minimum absolute atomic E-state index is 0.997. The van der Waals surface area contributed by atoms with Crippen molar-refractivity contribution >= 4 is 17.5 Å². The van der Waals surface area contributed by atoms with Gasteiger partial charge in [0.2, 0.25) is 0 Å². The highest BCUT2D eigenvalue weighted by atomic mass is 14.7. The first-order valence-electron chi connectivity index (χ1n) is 6.42. The average Bonchev–Trinajstić information content (AvgIpc) is 2.41. The molecule has 1 nitrogen and oxygen atoms in total. The summed E-state index contributed by atoms with van der Waals surface area (Å²) in [5.74, 6) is 0. The van der Waals surface area contributed by atoms with Gasteiger partial charge in [-0.15, -0.1) is 0 Å². The third kappa shape index (κ3) is 2.55. The van der Waals surface area contributed by atoms with Gasteiger partial charge in [0.15, 0.2) is 0 Å². The van der Waals surface area contributed by atoms with E-state index in [9.17, 15) is 0 Å². The molecule has 0 radical (unpaired) electrons. The van der Waals surface area contributed by atoms with Crippen LogP contribution >= 0.6 is 0 Å². The number of benzene rings is 2. The standard InChI is InChI=1S/C18H15N/c1-14-10-12-16(13-11-14)18-9-5-3-7-15-6-2-4-8-17(15)19-18/h2-13H,1H3/b5-3?,7-3-,9-5-,15-7?,18-9?,19-17?,19-18?. The SMILES string of the molecule is Cc1ccc(C2=Nc3ccccc3/C=C\C=C/2)cc1. The number of nitrogens with zero attached hydrogens (tertiary/aromatic N) is 1. The molecule has 19 heavy (non-hydrogen) atoms. The van der Waals surface area contributed by atoms with Gasteiger partial charge in [-0.1, -0.05) is 66.3 Å². The van der Waals surface area contributed by atoms with Gasteiger partial charge in [0.25, 0.3) is 0 Å². The van der Waals surface area contributed by atoms with Crippen LogP contribution in [0.3, 0.4) is 0 Å². The smallest absolute Gasteiger partial charge is 0.0709 e. The molecule has 3 rings (SSSR count). The van der Waals surface area contributed by atoms with E-state index in [0.29, 0.717) is 0 Å². The first-order chi connectivity index (χ1) is 9.33. The Hall–Kier alpha value is -2.41. The van der Waals surface area contributed by atoms with Gasteiger partial charge in [-0.3, -0.25) is 0 Å².